The predicted octanol–water partition coefficient (Wildman–Crippen LogP) is 4.67. The smallest absolute Gasteiger partial charge is 0.0595 e. The molecule has 0 unspecified atom stereocenters. The summed E-state index contributed by atoms with van der Waals surface area (Å²) in [5.41, 5.74) is 3.51. The highest BCUT2D eigenvalue weighted by atomic mass is 35.5. The quantitative estimate of drug-likeness (QED) is 0.863. The van der Waals surface area contributed by atoms with Gasteiger partial charge in [0.2, 0.25) is 0 Å². The number of nitrogens with one attached hydrogen (secondary N) is 1. The average molecular weight is 309 g/mol. The second kappa shape index (κ2) is 6.98. The molecule has 0 bridgehead atoms. The number of benzene rings is 2. The van der Waals surface area contributed by atoms with Crippen LogP contribution in [-0.2, 0) is 13.1 Å². The van der Waals surface area contributed by atoms with Crippen LogP contribution in [0, 0.1) is 0 Å². The fraction of sp³-hybridized carbons (Fsp3) is 0.250. The van der Waals surface area contributed by atoms with E-state index in [9.17, 15) is 0 Å². The maximum atomic E-state index is 6.00. The van der Waals surface area contributed by atoms with Crippen LogP contribution in [0.3, 0.4) is 0 Å². The average Bonchev–Trinajstić information content (AvgIpc) is 2.41. The van der Waals surface area contributed by atoms with Crippen LogP contribution >= 0.6 is 23.2 Å². The van der Waals surface area contributed by atoms with Gasteiger partial charge in [-0.1, -0.05) is 41.4 Å². The summed E-state index contributed by atoms with van der Waals surface area (Å²) in [6.45, 7) is 1.68. The van der Waals surface area contributed by atoms with Crippen LogP contribution in [0.15, 0.2) is 42.5 Å². The third kappa shape index (κ3) is 4.41. The monoisotopic (exact) mass is 308 g/mol. The highest BCUT2D eigenvalue weighted by molar-refractivity contribution is 6.42. The van der Waals surface area contributed by atoms with Gasteiger partial charge >= 0.3 is 0 Å². The van der Waals surface area contributed by atoms with Crippen molar-refractivity contribution in [2.75, 3.05) is 19.4 Å². The molecule has 4 heteroatoms. The van der Waals surface area contributed by atoms with Crippen molar-refractivity contribution in [2.45, 2.75) is 13.1 Å². The minimum Gasteiger partial charge on any atom is -0.381 e. The number of rotatable bonds is 5. The molecule has 0 heterocycles. The third-order valence-corrected chi connectivity index (χ3v) is 3.67. The van der Waals surface area contributed by atoms with Gasteiger partial charge in [-0.2, -0.15) is 0 Å². The highest BCUT2D eigenvalue weighted by Gasteiger charge is 2.00. The van der Waals surface area contributed by atoms with E-state index >= 15 is 0 Å². The number of hydrogen-bond donors (Lipinski definition) is 1. The Labute approximate surface area is 130 Å². The predicted molar refractivity (Wildman–Crippen MR) is 87.6 cm³/mol. The Morgan fingerprint density at radius 1 is 0.900 bits per heavy atom. The van der Waals surface area contributed by atoms with Gasteiger partial charge in [0.1, 0.15) is 0 Å². The summed E-state index contributed by atoms with van der Waals surface area (Å²) < 4.78 is 0. The van der Waals surface area contributed by atoms with Gasteiger partial charge in [0, 0.05) is 18.8 Å². The maximum Gasteiger partial charge on any atom is 0.0595 e. The molecule has 0 spiro atoms. The molecular weight excluding hydrogens is 291 g/mol. The summed E-state index contributed by atoms with van der Waals surface area (Å²) in [5, 5.41) is 4.55. The van der Waals surface area contributed by atoms with Crippen molar-refractivity contribution in [3.63, 3.8) is 0 Å². The molecule has 0 amide bonds. The number of anilines is 1. The SMILES string of the molecule is CN(C)Cc1ccc(NCc2ccc(Cl)c(Cl)c2)cc1. The van der Waals surface area contributed by atoms with E-state index in [0.29, 0.717) is 10.0 Å². The lowest BCUT2D eigenvalue weighted by Crippen LogP contribution is -2.10. The van der Waals surface area contributed by atoms with Crippen molar-refractivity contribution in [3.8, 4) is 0 Å². The van der Waals surface area contributed by atoms with E-state index in [-0.39, 0.29) is 0 Å². The normalized spacial score (nSPS) is 10.8. The van der Waals surface area contributed by atoms with Gasteiger partial charge in [-0.3, -0.25) is 0 Å². The third-order valence-electron chi connectivity index (χ3n) is 2.93. The van der Waals surface area contributed by atoms with E-state index in [1.54, 1.807) is 0 Å². The molecule has 2 rings (SSSR count). The zero-order chi connectivity index (χ0) is 14.5. The van der Waals surface area contributed by atoms with Crippen LogP contribution in [-0.4, -0.2) is 19.0 Å². The van der Waals surface area contributed by atoms with E-state index in [1.807, 2.05) is 18.2 Å². The lowest BCUT2D eigenvalue weighted by molar-refractivity contribution is 0.402. The van der Waals surface area contributed by atoms with Crippen LogP contribution in [0.25, 0.3) is 0 Å². The fourth-order valence-electron chi connectivity index (χ4n) is 1.95. The Kier molecular flexibility index (Phi) is 5.30. The van der Waals surface area contributed by atoms with Crippen molar-refractivity contribution >= 4 is 28.9 Å². The second-order valence-electron chi connectivity index (χ2n) is 5.04. The van der Waals surface area contributed by atoms with Gasteiger partial charge in [0.05, 0.1) is 10.0 Å². The summed E-state index contributed by atoms with van der Waals surface area (Å²) in [5.74, 6) is 0. The van der Waals surface area contributed by atoms with Gasteiger partial charge in [-0.25, -0.2) is 0 Å². The number of nitrogens with zero attached hydrogens (tertiary/aromatic N) is 1. The fourth-order valence-corrected chi connectivity index (χ4v) is 2.27. The molecule has 0 atom stereocenters. The lowest BCUT2D eigenvalue weighted by Gasteiger charge is -2.11. The molecule has 0 aromatic heterocycles. The molecule has 20 heavy (non-hydrogen) atoms. The minimum atomic E-state index is 0.587. The first kappa shape index (κ1) is 15.2. The van der Waals surface area contributed by atoms with E-state index in [4.69, 9.17) is 23.2 Å². The first-order chi connectivity index (χ1) is 9.54. The van der Waals surface area contributed by atoms with Gasteiger partial charge in [0.25, 0.3) is 0 Å². The highest BCUT2D eigenvalue weighted by Crippen LogP contribution is 2.23. The molecule has 2 aromatic carbocycles. The molecule has 2 nitrogen and oxygen atoms in total. The van der Waals surface area contributed by atoms with Gasteiger partial charge in [-0.05, 0) is 49.5 Å². The van der Waals surface area contributed by atoms with Crippen LogP contribution in [0.5, 0.6) is 0 Å². The summed E-state index contributed by atoms with van der Waals surface area (Å²) in [4.78, 5) is 2.15. The zero-order valence-electron chi connectivity index (χ0n) is 11.7. The number of hydrogen-bond acceptors (Lipinski definition) is 2. The second-order valence-corrected chi connectivity index (χ2v) is 5.85. The molecule has 0 aliphatic carbocycles. The van der Waals surface area contributed by atoms with E-state index in [1.165, 1.54) is 5.56 Å². The Balaban J connectivity index is 1.95. The minimum absolute atomic E-state index is 0.587. The first-order valence-electron chi connectivity index (χ1n) is 6.46. The van der Waals surface area contributed by atoms with Crippen molar-refractivity contribution in [2.24, 2.45) is 0 Å². The van der Waals surface area contributed by atoms with Crippen molar-refractivity contribution in [1.29, 1.82) is 0 Å². The Hall–Kier alpha value is -1.22. The number of halogens is 2. The van der Waals surface area contributed by atoms with Crippen molar-refractivity contribution < 1.29 is 0 Å². The molecule has 0 radical (unpaired) electrons. The molecule has 0 saturated carbocycles. The molecule has 2 aromatic rings. The van der Waals surface area contributed by atoms with E-state index < -0.39 is 0 Å². The molecule has 1 N–H and O–H groups in total. The summed E-state index contributed by atoms with van der Waals surface area (Å²) in [6, 6.07) is 14.1. The van der Waals surface area contributed by atoms with Gasteiger partial charge in [0.15, 0.2) is 0 Å². The molecule has 0 fully saturated rings. The maximum absolute atomic E-state index is 6.00. The summed E-state index contributed by atoms with van der Waals surface area (Å²) >= 11 is 11.9. The van der Waals surface area contributed by atoms with Gasteiger partial charge in [-0.15, -0.1) is 0 Å². The Morgan fingerprint density at radius 3 is 2.15 bits per heavy atom. The van der Waals surface area contributed by atoms with Crippen LogP contribution in [0.2, 0.25) is 10.0 Å². The van der Waals surface area contributed by atoms with Crippen LogP contribution < -0.4 is 5.32 Å². The molecule has 0 aliphatic heterocycles. The first-order valence-corrected chi connectivity index (χ1v) is 7.21. The van der Waals surface area contributed by atoms with Crippen LogP contribution in [0.1, 0.15) is 11.1 Å². The van der Waals surface area contributed by atoms with Gasteiger partial charge < -0.3 is 10.2 Å². The summed E-state index contributed by atoms with van der Waals surface area (Å²) in [6.07, 6.45) is 0. The van der Waals surface area contributed by atoms with E-state index in [2.05, 4.69) is 48.6 Å². The van der Waals surface area contributed by atoms with Crippen molar-refractivity contribution in [3.05, 3.63) is 63.6 Å². The van der Waals surface area contributed by atoms with Crippen LogP contribution in [0.4, 0.5) is 5.69 Å². The largest absolute Gasteiger partial charge is 0.381 e. The molecule has 0 saturated heterocycles. The zero-order valence-corrected chi connectivity index (χ0v) is 13.2. The molecule has 106 valence electrons. The van der Waals surface area contributed by atoms with E-state index in [0.717, 1.165) is 24.3 Å². The topological polar surface area (TPSA) is 15.3 Å². The Bertz CT molecular complexity index is 565. The summed E-state index contributed by atoms with van der Waals surface area (Å²) in [7, 11) is 4.13. The Morgan fingerprint density at radius 2 is 1.55 bits per heavy atom. The lowest BCUT2D eigenvalue weighted by atomic mass is 10.2. The molecule has 0 aliphatic rings. The molecular formula is C16H18Cl2N2. The van der Waals surface area contributed by atoms with Crippen molar-refractivity contribution in [1.82, 2.24) is 4.90 Å². The standard InChI is InChI=1S/C16H18Cl2N2/c1-20(2)11-12-3-6-14(7-4-12)19-10-13-5-8-15(17)16(18)9-13/h3-9,19H,10-11H2,1-2H3.